The van der Waals surface area contributed by atoms with Crippen molar-refractivity contribution in [1.82, 2.24) is 10.2 Å². The lowest BCUT2D eigenvalue weighted by Gasteiger charge is -2.27. The Kier molecular flexibility index (Phi) is 5.42. The van der Waals surface area contributed by atoms with Gasteiger partial charge in [-0.15, -0.1) is 0 Å². The first-order valence-corrected chi connectivity index (χ1v) is 8.86. The third-order valence-electron chi connectivity index (χ3n) is 5.34. The van der Waals surface area contributed by atoms with E-state index < -0.39 is 0 Å². The molecule has 1 aromatic carbocycles. The molecule has 1 amide bonds. The third kappa shape index (κ3) is 3.73. The number of hydrogen-bond acceptors (Lipinski definition) is 3. The number of hydrogen-bond donors (Lipinski definition) is 1. The molecular weight excluding hydrogens is 331 g/mol. The summed E-state index contributed by atoms with van der Waals surface area (Å²) in [5.74, 6) is -0.0839. The maximum absolute atomic E-state index is 13.2. The van der Waals surface area contributed by atoms with E-state index in [9.17, 15) is 9.18 Å². The maximum atomic E-state index is 13.2. The quantitative estimate of drug-likeness (QED) is 0.854. The third-order valence-corrected chi connectivity index (χ3v) is 5.69. The van der Waals surface area contributed by atoms with Gasteiger partial charge in [0.2, 0.25) is 5.91 Å². The summed E-state index contributed by atoms with van der Waals surface area (Å²) >= 11 is 6.13. The number of halogens is 2. The highest BCUT2D eigenvalue weighted by atomic mass is 35.5. The van der Waals surface area contributed by atoms with E-state index in [0.29, 0.717) is 24.7 Å². The number of amides is 1. The van der Waals surface area contributed by atoms with Crippen LogP contribution in [0.1, 0.15) is 24.8 Å². The highest BCUT2D eigenvalue weighted by Crippen LogP contribution is 2.59. The van der Waals surface area contributed by atoms with Gasteiger partial charge >= 0.3 is 0 Å². The second-order valence-corrected chi connectivity index (χ2v) is 7.26. The summed E-state index contributed by atoms with van der Waals surface area (Å²) in [7, 11) is 1.62. The zero-order valence-corrected chi connectivity index (χ0v) is 14.7. The van der Waals surface area contributed by atoms with Gasteiger partial charge in [0.1, 0.15) is 5.82 Å². The molecule has 1 aliphatic carbocycles. The van der Waals surface area contributed by atoms with Gasteiger partial charge in [-0.25, -0.2) is 4.39 Å². The Balaban J connectivity index is 1.70. The Labute approximate surface area is 147 Å². The fraction of sp³-hybridized carbons (Fsp3) is 0.611. The van der Waals surface area contributed by atoms with Crippen molar-refractivity contribution in [2.24, 2.45) is 11.3 Å². The van der Waals surface area contributed by atoms with Crippen molar-refractivity contribution < 1.29 is 13.9 Å². The van der Waals surface area contributed by atoms with E-state index in [1.165, 1.54) is 12.1 Å². The highest BCUT2D eigenvalue weighted by Gasteiger charge is 2.58. The second kappa shape index (κ2) is 7.38. The van der Waals surface area contributed by atoms with Crippen LogP contribution in [0.5, 0.6) is 0 Å². The van der Waals surface area contributed by atoms with Crippen LogP contribution >= 0.6 is 11.6 Å². The van der Waals surface area contributed by atoms with E-state index in [2.05, 4.69) is 5.32 Å². The van der Waals surface area contributed by atoms with E-state index in [0.717, 1.165) is 37.9 Å². The molecule has 6 heteroatoms. The molecule has 0 aromatic heterocycles. The average molecular weight is 355 g/mol. The van der Waals surface area contributed by atoms with Crippen molar-refractivity contribution in [2.45, 2.75) is 25.8 Å². The van der Waals surface area contributed by atoms with Crippen LogP contribution in [0.4, 0.5) is 4.39 Å². The van der Waals surface area contributed by atoms with E-state index in [1.807, 2.05) is 4.90 Å². The monoisotopic (exact) mass is 354 g/mol. The van der Waals surface area contributed by atoms with Crippen molar-refractivity contribution in [3.8, 4) is 0 Å². The van der Waals surface area contributed by atoms with Gasteiger partial charge in [0.15, 0.2) is 0 Å². The lowest BCUT2D eigenvalue weighted by molar-refractivity contribution is -0.135. The molecular formula is C18H24ClFN2O2. The Morgan fingerprint density at radius 2 is 2.21 bits per heavy atom. The zero-order valence-electron chi connectivity index (χ0n) is 14.0. The number of carbonyl (C=O) groups is 1. The van der Waals surface area contributed by atoms with Gasteiger partial charge in [0.25, 0.3) is 0 Å². The summed E-state index contributed by atoms with van der Waals surface area (Å²) in [4.78, 5) is 14.8. The summed E-state index contributed by atoms with van der Waals surface area (Å²) in [6.07, 6.45) is 3.12. The molecule has 1 saturated carbocycles. The van der Waals surface area contributed by atoms with E-state index in [4.69, 9.17) is 16.3 Å². The van der Waals surface area contributed by atoms with Crippen LogP contribution in [0.2, 0.25) is 5.02 Å². The first-order valence-electron chi connectivity index (χ1n) is 8.48. The van der Waals surface area contributed by atoms with Crippen molar-refractivity contribution >= 4 is 17.5 Å². The molecule has 132 valence electrons. The normalized spacial score (nSPS) is 21.7. The van der Waals surface area contributed by atoms with Gasteiger partial charge in [-0.3, -0.25) is 4.79 Å². The van der Waals surface area contributed by atoms with Crippen molar-refractivity contribution in [3.05, 3.63) is 34.6 Å². The van der Waals surface area contributed by atoms with Crippen molar-refractivity contribution in [2.75, 3.05) is 33.4 Å². The molecule has 1 aliphatic heterocycles. The number of rotatable bonds is 6. The SMILES string of the molecule is COCCN(Cc1ccc(F)cc1Cl)C(=O)C1CC12CCNCC2. The van der Waals surface area contributed by atoms with E-state index >= 15 is 0 Å². The largest absolute Gasteiger partial charge is 0.383 e. The number of ether oxygens (including phenoxy) is 1. The average Bonchev–Trinajstić information content (AvgIpc) is 3.26. The van der Waals surface area contributed by atoms with Gasteiger partial charge in [-0.05, 0) is 55.5 Å². The van der Waals surface area contributed by atoms with Crippen molar-refractivity contribution in [1.29, 1.82) is 0 Å². The van der Waals surface area contributed by atoms with Gasteiger partial charge in [0.05, 0.1) is 6.61 Å². The molecule has 1 saturated heterocycles. The number of nitrogens with zero attached hydrogens (tertiary/aromatic N) is 1. The van der Waals surface area contributed by atoms with Crippen LogP contribution in [-0.4, -0.2) is 44.2 Å². The summed E-state index contributed by atoms with van der Waals surface area (Å²) < 4.78 is 18.4. The molecule has 1 spiro atoms. The molecule has 1 unspecified atom stereocenters. The number of nitrogens with one attached hydrogen (secondary N) is 1. The lowest BCUT2D eigenvalue weighted by atomic mass is 9.91. The van der Waals surface area contributed by atoms with Gasteiger partial charge in [-0.2, -0.15) is 0 Å². The molecule has 1 N–H and O–H groups in total. The van der Waals surface area contributed by atoms with E-state index in [-0.39, 0.29) is 23.1 Å². The minimum Gasteiger partial charge on any atom is -0.383 e. The maximum Gasteiger partial charge on any atom is 0.226 e. The van der Waals surface area contributed by atoms with Crippen LogP contribution < -0.4 is 5.32 Å². The Hall–Kier alpha value is -1.17. The predicted molar refractivity (Wildman–Crippen MR) is 91.3 cm³/mol. The molecule has 1 aromatic rings. The Bertz CT molecular complexity index is 605. The summed E-state index contributed by atoms with van der Waals surface area (Å²) in [5, 5.41) is 3.72. The molecule has 4 nitrogen and oxygen atoms in total. The first-order chi connectivity index (χ1) is 11.6. The van der Waals surface area contributed by atoms with Crippen LogP contribution in [0, 0.1) is 17.2 Å². The van der Waals surface area contributed by atoms with Crippen LogP contribution in [0.15, 0.2) is 18.2 Å². The first kappa shape index (κ1) is 17.6. The predicted octanol–water partition coefficient (Wildman–Crippen LogP) is 2.84. The summed E-state index contributed by atoms with van der Waals surface area (Å²) in [6.45, 7) is 3.38. The number of piperidine rings is 1. The Morgan fingerprint density at radius 1 is 1.46 bits per heavy atom. The lowest BCUT2D eigenvalue weighted by Crippen LogP contribution is -2.38. The molecule has 0 bridgehead atoms. The fourth-order valence-electron chi connectivity index (χ4n) is 3.72. The molecule has 2 fully saturated rings. The van der Waals surface area contributed by atoms with Crippen LogP contribution in [0.3, 0.4) is 0 Å². The smallest absolute Gasteiger partial charge is 0.226 e. The molecule has 1 heterocycles. The van der Waals surface area contributed by atoms with Gasteiger partial charge in [-0.1, -0.05) is 17.7 Å². The minimum absolute atomic E-state index is 0.107. The number of methoxy groups -OCH3 is 1. The highest BCUT2D eigenvalue weighted by molar-refractivity contribution is 6.31. The van der Waals surface area contributed by atoms with Crippen LogP contribution in [0.25, 0.3) is 0 Å². The summed E-state index contributed by atoms with van der Waals surface area (Å²) in [6, 6.07) is 4.32. The van der Waals surface area contributed by atoms with E-state index in [1.54, 1.807) is 13.2 Å². The van der Waals surface area contributed by atoms with Gasteiger partial charge in [0, 0.05) is 31.1 Å². The molecule has 1 atom stereocenters. The van der Waals surface area contributed by atoms with Crippen LogP contribution in [-0.2, 0) is 16.1 Å². The Morgan fingerprint density at radius 3 is 2.88 bits per heavy atom. The van der Waals surface area contributed by atoms with Gasteiger partial charge < -0.3 is 15.0 Å². The second-order valence-electron chi connectivity index (χ2n) is 6.86. The fourth-order valence-corrected chi connectivity index (χ4v) is 3.95. The number of carbonyl (C=O) groups excluding carboxylic acids is 1. The summed E-state index contributed by atoms with van der Waals surface area (Å²) in [5.41, 5.74) is 0.961. The number of benzene rings is 1. The standard InChI is InChI=1S/C18H24ClFN2O2/c1-24-9-8-22(12-13-2-3-14(20)10-16(13)19)17(23)15-11-18(15)4-6-21-7-5-18/h2-3,10,15,21H,4-9,11-12H2,1H3. The molecule has 24 heavy (non-hydrogen) atoms. The molecule has 0 radical (unpaired) electrons. The van der Waals surface area contributed by atoms with Crippen molar-refractivity contribution in [3.63, 3.8) is 0 Å². The molecule has 2 aliphatic rings. The topological polar surface area (TPSA) is 41.6 Å². The zero-order chi connectivity index (χ0) is 17.2. The minimum atomic E-state index is -0.366. The molecule has 3 rings (SSSR count).